The van der Waals surface area contributed by atoms with Gasteiger partial charge in [0.1, 0.15) is 0 Å². The third-order valence-electron chi connectivity index (χ3n) is 5.60. The Labute approximate surface area is 166 Å². The van der Waals surface area contributed by atoms with E-state index in [1.54, 1.807) is 12.1 Å². The number of nitrogens with zero attached hydrogens (tertiary/aromatic N) is 1. The van der Waals surface area contributed by atoms with Crippen LogP contribution in [0.4, 0.5) is 0 Å². The first-order valence-electron chi connectivity index (χ1n) is 9.81. The van der Waals surface area contributed by atoms with E-state index in [1.165, 1.54) is 48.5 Å². The molecular weight excluding hydrogens is 386 g/mol. The van der Waals surface area contributed by atoms with Crippen molar-refractivity contribution in [1.82, 2.24) is 9.62 Å². The number of nitrogens with one attached hydrogen (secondary N) is 2. The van der Waals surface area contributed by atoms with E-state index in [4.69, 9.17) is 11.6 Å². The number of piperazine rings is 1. The predicted octanol–water partition coefficient (Wildman–Crippen LogP) is 0.926. The first-order valence-corrected chi connectivity index (χ1v) is 11.6. The zero-order chi connectivity index (χ0) is 19.3. The lowest BCUT2D eigenvalue weighted by atomic mass is 9.89. The van der Waals surface area contributed by atoms with E-state index in [0.717, 1.165) is 11.4 Å². The Morgan fingerprint density at radius 1 is 1.11 bits per heavy atom. The molecule has 3 rings (SSSR count). The van der Waals surface area contributed by atoms with Gasteiger partial charge >= 0.3 is 0 Å². The molecule has 1 aliphatic heterocycles. The van der Waals surface area contributed by atoms with Gasteiger partial charge in [-0.2, -0.15) is 4.31 Å². The molecule has 0 bridgehead atoms. The lowest BCUT2D eigenvalue weighted by Crippen LogP contribution is -3.15. The van der Waals surface area contributed by atoms with E-state index in [-0.39, 0.29) is 10.8 Å². The van der Waals surface area contributed by atoms with Crippen LogP contribution in [-0.2, 0) is 14.8 Å². The molecule has 0 unspecified atom stereocenters. The van der Waals surface area contributed by atoms with Crippen LogP contribution in [0.25, 0.3) is 0 Å². The van der Waals surface area contributed by atoms with Crippen molar-refractivity contribution in [2.24, 2.45) is 5.92 Å². The molecule has 0 radical (unpaired) electrons. The van der Waals surface area contributed by atoms with Crippen molar-refractivity contribution in [2.75, 3.05) is 39.3 Å². The van der Waals surface area contributed by atoms with E-state index in [1.807, 2.05) is 0 Å². The molecule has 6 nitrogen and oxygen atoms in total. The topological polar surface area (TPSA) is 70.9 Å². The quantitative estimate of drug-likeness (QED) is 0.727. The summed E-state index contributed by atoms with van der Waals surface area (Å²) >= 11 is 5.84. The van der Waals surface area contributed by atoms with Crippen LogP contribution in [0.2, 0.25) is 5.02 Å². The summed E-state index contributed by atoms with van der Waals surface area (Å²) in [4.78, 5) is 13.6. The fourth-order valence-corrected chi connectivity index (χ4v) is 5.48. The molecule has 1 aliphatic carbocycles. The molecule has 2 N–H and O–H groups in total. The molecular formula is C19H29ClN3O3S+. The molecule has 1 amide bonds. The maximum atomic E-state index is 12.7. The summed E-state index contributed by atoms with van der Waals surface area (Å²) in [5.41, 5.74) is 0. The highest BCUT2D eigenvalue weighted by molar-refractivity contribution is 7.89. The van der Waals surface area contributed by atoms with Gasteiger partial charge in [-0.25, -0.2) is 8.42 Å². The first-order chi connectivity index (χ1) is 12.9. The smallest absolute Gasteiger partial charge is 0.275 e. The average molecular weight is 415 g/mol. The average Bonchev–Trinajstić information content (AvgIpc) is 2.68. The van der Waals surface area contributed by atoms with Crippen molar-refractivity contribution in [1.29, 1.82) is 0 Å². The van der Waals surface area contributed by atoms with Crippen LogP contribution in [0.1, 0.15) is 32.1 Å². The highest BCUT2D eigenvalue weighted by atomic mass is 35.5. The Kier molecular flexibility index (Phi) is 7.14. The summed E-state index contributed by atoms with van der Waals surface area (Å²) in [7, 11) is -3.49. The minimum absolute atomic E-state index is 0.0737. The molecule has 1 aromatic carbocycles. The number of amides is 1. The summed E-state index contributed by atoms with van der Waals surface area (Å²) in [6, 6.07) is 6.25. The Balaban J connectivity index is 1.44. The van der Waals surface area contributed by atoms with Crippen molar-refractivity contribution in [3.05, 3.63) is 29.3 Å². The molecule has 0 aromatic heterocycles. The molecule has 1 saturated carbocycles. The monoisotopic (exact) mass is 414 g/mol. The van der Waals surface area contributed by atoms with E-state index in [0.29, 0.717) is 43.7 Å². The van der Waals surface area contributed by atoms with Crippen LogP contribution in [0.3, 0.4) is 0 Å². The van der Waals surface area contributed by atoms with E-state index < -0.39 is 10.0 Å². The third kappa shape index (κ3) is 5.67. The predicted molar refractivity (Wildman–Crippen MR) is 105 cm³/mol. The van der Waals surface area contributed by atoms with Gasteiger partial charge < -0.3 is 10.2 Å². The zero-order valence-electron chi connectivity index (χ0n) is 15.6. The SMILES string of the molecule is O=C(C[NH+]1CCN(S(=O)(=O)c2ccc(Cl)cc2)CC1)NCC1CCCCC1. The minimum atomic E-state index is -3.49. The van der Waals surface area contributed by atoms with Crippen LogP contribution < -0.4 is 10.2 Å². The highest BCUT2D eigenvalue weighted by Gasteiger charge is 2.31. The van der Waals surface area contributed by atoms with E-state index in [9.17, 15) is 13.2 Å². The molecule has 0 atom stereocenters. The summed E-state index contributed by atoms with van der Waals surface area (Å²) in [6.45, 7) is 3.34. The Morgan fingerprint density at radius 2 is 1.74 bits per heavy atom. The second-order valence-corrected chi connectivity index (χ2v) is 9.97. The fourth-order valence-electron chi connectivity index (χ4n) is 3.91. The molecule has 2 aliphatic rings. The van der Waals surface area contributed by atoms with Crippen molar-refractivity contribution < 1.29 is 18.1 Å². The zero-order valence-corrected chi connectivity index (χ0v) is 17.2. The van der Waals surface area contributed by atoms with Crippen LogP contribution in [0.15, 0.2) is 29.2 Å². The maximum Gasteiger partial charge on any atom is 0.275 e. The summed E-state index contributed by atoms with van der Waals surface area (Å²) in [5, 5.41) is 3.58. The van der Waals surface area contributed by atoms with Gasteiger partial charge in [-0.1, -0.05) is 30.9 Å². The van der Waals surface area contributed by atoms with Crippen LogP contribution in [-0.4, -0.2) is 57.9 Å². The molecule has 1 aromatic rings. The van der Waals surface area contributed by atoms with Crippen molar-refractivity contribution in [3.63, 3.8) is 0 Å². The number of carbonyl (C=O) groups is 1. The fraction of sp³-hybridized carbons (Fsp3) is 0.632. The van der Waals surface area contributed by atoms with Gasteiger partial charge in [-0.05, 0) is 43.0 Å². The van der Waals surface area contributed by atoms with Gasteiger partial charge in [-0.15, -0.1) is 0 Å². The van der Waals surface area contributed by atoms with Gasteiger partial charge in [0.25, 0.3) is 5.91 Å². The Bertz CT molecular complexity index is 725. The number of hydrogen-bond donors (Lipinski definition) is 2. The number of benzene rings is 1. The number of quaternary nitrogens is 1. The van der Waals surface area contributed by atoms with Gasteiger partial charge in [-0.3, -0.25) is 4.79 Å². The summed E-state index contributed by atoms with van der Waals surface area (Å²) in [6.07, 6.45) is 6.30. The van der Waals surface area contributed by atoms with Crippen molar-refractivity contribution >= 4 is 27.5 Å². The second kappa shape index (κ2) is 9.37. The van der Waals surface area contributed by atoms with E-state index in [2.05, 4.69) is 5.32 Å². The number of rotatable bonds is 6. The first kappa shape index (κ1) is 20.6. The Morgan fingerprint density at radius 3 is 2.37 bits per heavy atom. The largest absolute Gasteiger partial charge is 0.351 e. The summed E-state index contributed by atoms with van der Waals surface area (Å²) in [5.74, 6) is 0.698. The maximum absolute atomic E-state index is 12.7. The summed E-state index contributed by atoms with van der Waals surface area (Å²) < 4.78 is 26.9. The van der Waals surface area contributed by atoms with E-state index >= 15 is 0 Å². The lowest BCUT2D eigenvalue weighted by molar-refractivity contribution is -0.895. The number of carbonyl (C=O) groups excluding carboxylic acids is 1. The van der Waals surface area contributed by atoms with Crippen molar-refractivity contribution in [2.45, 2.75) is 37.0 Å². The molecule has 2 fully saturated rings. The second-order valence-electron chi connectivity index (χ2n) is 7.59. The molecule has 8 heteroatoms. The molecule has 150 valence electrons. The number of sulfonamides is 1. The number of halogens is 1. The molecule has 27 heavy (non-hydrogen) atoms. The van der Waals surface area contributed by atoms with Crippen LogP contribution in [0.5, 0.6) is 0 Å². The molecule has 1 saturated heterocycles. The van der Waals surface area contributed by atoms with Gasteiger partial charge in [0.15, 0.2) is 6.54 Å². The molecule has 0 spiro atoms. The van der Waals surface area contributed by atoms with Gasteiger partial charge in [0, 0.05) is 11.6 Å². The standard InChI is InChI=1S/C19H28ClN3O3S/c20-17-6-8-18(9-7-17)27(25,26)23-12-10-22(11-13-23)15-19(24)21-14-16-4-2-1-3-5-16/h6-9,16H,1-5,10-15H2,(H,21,24)/p+1. The van der Waals surface area contributed by atoms with Gasteiger partial charge in [0.2, 0.25) is 10.0 Å². The van der Waals surface area contributed by atoms with Crippen LogP contribution >= 0.6 is 11.6 Å². The third-order valence-corrected chi connectivity index (χ3v) is 7.77. The number of hydrogen-bond acceptors (Lipinski definition) is 3. The minimum Gasteiger partial charge on any atom is -0.351 e. The van der Waals surface area contributed by atoms with Gasteiger partial charge in [0.05, 0.1) is 31.1 Å². The highest BCUT2D eigenvalue weighted by Crippen LogP contribution is 2.22. The lowest BCUT2D eigenvalue weighted by Gasteiger charge is -2.31. The van der Waals surface area contributed by atoms with Crippen LogP contribution in [0, 0.1) is 5.92 Å². The Hall–Kier alpha value is -1.15. The normalized spacial score (nSPS) is 20.5. The molecule has 1 heterocycles. The van der Waals surface area contributed by atoms with Crippen molar-refractivity contribution in [3.8, 4) is 0 Å².